The Kier molecular flexibility index (Phi) is 5.27. The normalized spacial score (nSPS) is 13.4. The smallest absolute Gasteiger partial charge is 0.277 e. The molecule has 0 aliphatic carbocycles. The SMILES string of the molecule is Cc1cc(C)cc(-c2nnc(SCc3cc(Cl)c4c(c3)OCCCO4)o2)c1. The first-order valence-electron chi connectivity index (χ1n) is 8.71. The molecule has 1 aliphatic rings. The molecule has 7 heteroatoms. The van der Waals surface area contributed by atoms with Gasteiger partial charge in [-0.2, -0.15) is 0 Å². The second-order valence-electron chi connectivity index (χ2n) is 6.49. The summed E-state index contributed by atoms with van der Waals surface area (Å²) in [5.74, 6) is 2.49. The number of fused-ring (bicyclic) bond motifs is 1. The van der Waals surface area contributed by atoms with Gasteiger partial charge < -0.3 is 13.9 Å². The molecule has 27 heavy (non-hydrogen) atoms. The molecule has 140 valence electrons. The maximum atomic E-state index is 6.35. The minimum atomic E-state index is 0.521. The van der Waals surface area contributed by atoms with Crippen molar-refractivity contribution in [3.8, 4) is 23.0 Å². The average Bonchev–Trinajstić information content (AvgIpc) is 2.97. The van der Waals surface area contributed by atoms with Crippen LogP contribution in [0.25, 0.3) is 11.5 Å². The van der Waals surface area contributed by atoms with E-state index in [2.05, 4.69) is 30.1 Å². The zero-order valence-electron chi connectivity index (χ0n) is 15.1. The monoisotopic (exact) mass is 402 g/mol. The van der Waals surface area contributed by atoms with Crippen molar-refractivity contribution in [2.24, 2.45) is 0 Å². The fourth-order valence-corrected chi connectivity index (χ4v) is 3.98. The van der Waals surface area contributed by atoms with Gasteiger partial charge in [0, 0.05) is 17.7 Å². The Labute approximate surface area is 167 Å². The summed E-state index contributed by atoms with van der Waals surface area (Å²) < 4.78 is 17.2. The highest BCUT2D eigenvalue weighted by molar-refractivity contribution is 7.98. The molecule has 0 N–H and O–H groups in total. The summed E-state index contributed by atoms with van der Waals surface area (Å²) in [4.78, 5) is 0. The van der Waals surface area contributed by atoms with Crippen LogP contribution in [0.15, 0.2) is 40.0 Å². The lowest BCUT2D eigenvalue weighted by Crippen LogP contribution is -1.97. The van der Waals surface area contributed by atoms with Crippen LogP contribution in [0.2, 0.25) is 5.02 Å². The summed E-state index contributed by atoms with van der Waals surface area (Å²) in [6.45, 7) is 5.35. The Bertz CT molecular complexity index is 954. The predicted molar refractivity (Wildman–Crippen MR) is 106 cm³/mol. The lowest BCUT2D eigenvalue weighted by atomic mass is 10.1. The van der Waals surface area contributed by atoms with Gasteiger partial charge in [0.1, 0.15) is 0 Å². The number of thioether (sulfide) groups is 1. The quantitative estimate of drug-likeness (QED) is 0.540. The van der Waals surface area contributed by atoms with Crippen molar-refractivity contribution in [2.75, 3.05) is 13.2 Å². The number of rotatable bonds is 4. The van der Waals surface area contributed by atoms with Gasteiger partial charge in [-0.25, -0.2) is 0 Å². The highest BCUT2D eigenvalue weighted by Gasteiger charge is 2.16. The van der Waals surface area contributed by atoms with Crippen LogP contribution in [-0.2, 0) is 5.75 Å². The second kappa shape index (κ2) is 7.82. The van der Waals surface area contributed by atoms with Gasteiger partial charge in [-0.1, -0.05) is 40.6 Å². The van der Waals surface area contributed by atoms with Crippen molar-refractivity contribution >= 4 is 23.4 Å². The Morgan fingerprint density at radius 2 is 1.78 bits per heavy atom. The van der Waals surface area contributed by atoms with Crippen LogP contribution in [0.3, 0.4) is 0 Å². The minimum Gasteiger partial charge on any atom is -0.489 e. The number of hydrogen-bond donors (Lipinski definition) is 0. The summed E-state index contributed by atoms with van der Waals surface area (Å²) in [7, 11) is 0. The Morgan fingerprint density at radius 1 is 1.00 bits per heavy atom. The van der Waals surface area contributed by atoms with Crippen LogP contribution in [-0.4, -0.2) is 23.4 Å². The summed E-state index contributed by atoms with van der Waals surface area (Å²) in [5, 5.41) is 9.40. The molecule has 0 saturated heterocycles. The van der Waals surface area contributed by atoms with Crippen molar-refractivity contribution in [1.82, 2.24) is 10.2 Å². The second-order valence-corrected chi connectivity index (χ2v) is 7.83. The summed E-state index contributed by atoms with van der Waals surface area (Å²) >= 11 is 7.82. The fourth-order valence-electron chi connectivity index (χ4n) is 3.00. The molecular weight excluding hydrogens is 384 g/mol. The molecule has 0 unspecified atom stereocenters. The van der Waals surface area contributed by atoms with Crippen LogP contribution in [0.1, 0.15) is 23.1 Å². The van der Waals surface area contributed by atoms with E-state index in [1.165, 1.54) is 22.9 Å². The van der Waals surface area contributed by atoms with Gasteiger partial charge in [0.25, 0.3) is 5.22 Å². The molecule has 2 aromatic carbocycles. The van der Waals surface area contributed by atoms with Crippen LogP contribution < -0.4 is 9.47 Å². The van der Waals surface area contributed by atoms with Gasteiger partial charge in [0.15, 0.2) is 11.5 Å². The molecule has 0 atom stereocenters. The molecule has 0 fully saturated rings. The fraction of sp³-hybridized carbons (Fsp3) is 0.300. The summed E-state index contributed by atoms with van der Waals surface area (Å²) in [6, 6.07) is 10.0. The molecule has 5 nitrogen and oxygen atoms in total. The van der Waals surface area contributed by atoms with Crippen LogP contribution >= 0.6 is 23.4 Å². The third kappa shape index (κ3) is 4.22. The molecule has 1 aliphatic heterocycles. The highest BCUT2D eigenvalue weighted by atomic mass is 35.5. The van der Waals surface area contributed by atoms with Gasteiger partial charge >= 0.3 is 0 Å². The lowest BCUT2D eigenvalue weighted by molar-refractivity contribution is 0.297. The first-order chi connectivity index (χ1) is 13.1. The summed E-state index contributed by atoms with van der Waals surface area (Å²) in [6.07, 6.45) is 0.846. The lowest BCUT2D eigenvalue weighted by Gasteiger charge is -2.11. The number of aromatic nitrogens is 2. The van der Waals surface area contributed by atoms with E-state index in [0.717, 1.165) is 17.5 Å². The van der Waals surface area contributed by atoms with Gasteiger partial charge in [0.05, 0.1) is 18.2 Å². The van der Waals surface area contributed by atoms with E-state index < -0.39 is 0 Å². The van der Waals surface area contributed by atoms with Gasteiger partial charge in [-0.15, -0.1) is 10.2 Å². The Balaban J connectivity index is 1.49. The number of nitrogens with zero attached hydrogens (tertiary/aromatic N) is 2. The zero-order valence-corrected chi connectivity index (χ0v) is 16.7. The van der Waals surface area contributed by atoms with Crippen LogP contribution in [0.4, 0.5) is 0 Å². The minimum absolute atomic E-state index is 0.521. The van der Waals surface area contributed by atoms with E-state index in [-0.39, 0.29) is 0 Å². The molecule has 0 amide bonds. The average molecular weight is 403 g/mol. The standard InChI is InChI=1S/C20H19ClN2O3S/c1-12-6-13(2)8-15(7-12)19-22-23-20(26-19)27-11-14-9-16(21)18-17(10-14)24-4-3-5-25-18/h6-10H,3-5,11H2,1-2H3. The molecule has 0 radical (unpaired) electrons. The maximum Gasteiger partial charge on any atom is 0.277 e. The van der Waals surface area contributed by atoms with Gasteiger partial charge in [0.2, 0.25) is 5.89 Å². The van der Waals surface area contributed by atoms with E-state index in [1.807, 2.05) is 24.3 Å². The summed E-state index contributed by atoms with van der Waals surface area (Å²) in [5.41, 5.74) is 4.28. The molecule has 0 spiro atoms. The van der Waals surface area contributed by atoms with E-state index in [9.17, 15) is 0 Å². The Hall–Kier alpha value is -2.18. The van der Waals surface area contributed by atoms with Crippen molar-refractivity contribution < 1.29 is 13.9 Å². The third-order valence-corrected chi connectivity index (χ3v) is 5.27. The van der Waals surface area contributed by atoms with E-state index in [1.54, 1.807) is 0 Å². The Morgan fingerprint density at radius 3 is 2.59 bits per heavy atom. The molecule has 0 bridgehead atoms. The number of benzene rings is 2. The van der Waals surface area contributed by atoms with Crippen LogP contribution in [0.5, 0.6) is 11.5 Å². The molecular formula is C20H19ClN2O3S. The third-order valence-electron chi connectivity index (χ3n) is 4.10. The van der Waals surface area contributed by atoms with Crippen LogP contribution in [0, 0.1) is 13.8 Å². The van der Waals surface area contributed by atoms with E-state index in [0.29, 0.717) is 46.6 Å². The largest absolute Gasteiger partial charge is 0.489 e. The predicted octanol–water partition coefficient (Wildman–Crippen LogP) is 5.46. The van der Waals surface area contributed by atoms with E-state index in [4.69, 9.17) is 25.5 Å². The number of ether oxygens (including phenoxy) is 2. The number of hydrogen-bond acceptors (Lipinski definition) is 6. The van der Waals surface area contributed by atoms with E-state index >= 15 is 0 Å². The molecule has 1 aromatic heterocycles. The van der Waals surface area contributed by atoms with Gasteiger partial charge in [-0.3, -0.25) is 0 Å². The first-order valence-corrected chi connectivity index (χ1v) is 10.1. The molecule has 0 saturated carbocycles. The maximum absolute atomic E-state index is 6.35. The topological polar surface area (TPSA) is 57.4 Å². The molecule has 3 aromatic rings. The zero-order chi connectivity index (χ0) is 18.8. The first kappa shape index (κ1) is 18.2. The van der Waals surface area contributed by atoms with Crippen molar-refractivity contribution in [2.45, 2.75) is 31.2 Å². The number of halogens is 1. The van der Waals surface area contributed by atoms with Crippen molar-refractivity contribution in [3.63, 3.8) is 0 Å². The highest BCUT2D eigenvalue weighted by Crippen LogP contribution is 2.39. The van der Waals surface area contributed by atoms with Crippen molar-refractivity contribution in [3.05, 3.63) is 52.0 Å². The van der Waals surface area contributed by atoms with Crippen molar-refractivity contribution in [1.29, 1.82) is 0 Å². The molecule has 4 rings (SSSR count). The van der Waals surface area contributed by atoms with Gasteiger partial charge in [-0.05, 0) is 43.7 Å². The molecule has 2 heterocycles. The number of aryl methyl sites for hydroxylation is 2.